The van der Waals surface area contributed by atoms with Crippen molar-refractivity contribution in [1.82, 2.24) is 14.9 Å². The lowest BCUT2D eigenvalue weighted by molar-refractivity contribution is -0.189. The fourth-order valence-corrected chi connectivity index (χ4v) is 1.92. The zero-order valence-electron chi connectivity index (χ0n) is 12.9. The Morgan fingerprint density at radius 1 is 1.00 bits per heavy atom. The van der Waals surface area contributed by atoms with Crippen molar-refractivity contribution < 1.29 is 27.5 Å². The number of hydrogen-bond donors (Lipinski definition) is 0. The first-order valence-corrected chi connectivity index (χ1v) is 7.18. The summed E-state index contributed by atoms with van der Waals surface area (Å²) in [6, 6.07) is 10.2. The molecule has 0 aliphatic heterocycles. The van der Waals surface area contributed by atoms with E-state index in [0.717, 1.165) is 4.90 Å². The highest BCUT2D eigenvalue weighted by Crippen LogP contribution is 2.15. The minimum Gasteiger partial charge on any atom is -0.449 e. The second-order valence-electron chi connectivity index (χ2n) is 5.00. The standard InChI is InChI=1S/C16H14F3N3O3/c17-16(18,19)11-25-15(24)14(23)22(9-12-5-2-1-3-6-12)10-13-20-7-4-8-21-13/h1-8H,9-11H2. The van der Waals surface area contributed by atoms with Crippen molar-refractivity contribution in [2.24, 2.45) is 0 Å². The molecule has 0 aliphatic carbocycles. The molecule has 1 aromatic carbocycles. The molecule has 132 valence electrons. The van der Waals surface area contributed by atoms with E-state index in [9.17, 15) is 22.8 Å². The molecule has 2 aromatic rings. The highest BCUT2D eigenvalue weighted by Gasteiger charge is 2.32. The molecule has 0 aliphatic rings. The number of benzene rings is 1. The zero-order chi connectivity index (χ0) is 18.3. The van der Waals surface area contributed by atoms with Gasteiger partial charge in [0.2, 0.25) is 0 Å². The van der Waals surface area contributed by atoms with Gasteiger partial charge in [0.25, 0.3) is 0 Å². The van der Waals surface area contributed by atoms with E-state index in [4.69, 9.17) is 0 Å². The lowest BCUT2D eigenvalue weighted by Crippen LogP contribution is -2.38. The lowest BCUT2D eigenvalue weighted by atomic mass is 10.2. The van der Waals surface area contributed by atoms with Gasteiger partial charge in [0.05, 0.1) is 6.54 Å². The van der Waals surface area contributed by atoms with E-state index >= 15 is 0 Å². The van der Waals surface area contributed by atoms with E-state index in [1.54, 1.807) is 36.4 Å². The molecule has 0 saturated carbocycles. The second kappa shape index (κ2) is 8.22. The van der Waals surface area contributed by atoms with Crippen LogP contribution in [0.2, 0.25) is 0 Å². The number of aromatic nitrogens is 2. The van der Waals surface area contributed by atoms with Crippen molar-refractivity contribution in [1.29, 1.82) is 0 Å². The normalized spacial score (nSPS) is 11.0. The molecule has 9 heteroatoms. The van der Waals surface area contributed by atoms with Crippen LogP contribution in [0.15, 0.2) is 48.8 Å². The van der Waals surface area contributed by atoms with Crippen LogP contribution in [-0.2, 0) is 27.4 Å². The van der Waals surface area contributed by atoms with Gasteiger partial charge in [-0.25, -0.2) is 14.8 Å². The molecule has 1 amide bonds. The number of ether oxygens (including phenoxy) is 1. The number of carbonyl (C=O) groups excluding carboxylic acids is 2. The Bertz CT molecular complexity index is 667. The van der Waals surface area contributed by atoms with Gasteiger partial charge >= 0.3 is 18.1 Å². The first kappa shape index (κ1) is 18.4. The molecule has 0 fully saturated rings. The Balaban J connectivity index is 2.12. The molecule has 6 nitrogen and oxygen atoms in total. The Hall–Kier alpha value is -2.97. The van der Waals surface area contributed by atoms with Crippen molar-refractivity contribution >= 4 is 11.9 Å². The number of hydrogen-bond acceptors (Lipinski definition) is 5. The monoisotopic (exact) mass is 353 g/mol. The van der Waals surface area contributed by atoms with E-state index < -0.39 is 24.7 Å². The number of halogens is 3. The van der Waals surface area contributed by atoms with Crippen LogP contribution in [0.1, 0.15) is 11.4 Å². The molecule has 0 unspecified atom stereocenters. The fourth-order valence-electron chi connectivity index (χ4n) is 1.92. The third kappa shape index (κ3) is 6.21. The first-order valence-electron chi connectivity index (χ1n) is 7.18. The van der Waals surface area contributed by atoms with E-state index in [2.05, 4.69) is 14.7 Å². The molecule has 0 atom stereocenters. The second-order valence-corrected chi connectivity index (χ2v) is 5.00. The lowest BCUT2D eigenvalue weighted by Gasteiger charge is -2.21. The zero-order valence-corrected chi connectivity index (χ0v) is 12.9. The van der Waals surface area contributed by atoms with E-state index in [0.29, 0.717) is 5.56 Å². The summed E-state index contributed by atoms with van der Waals surface area (Å²) in [4.78, 5) is 32.8. The van der Waals surface area contributed by atoms with Gasteiger partial charge in [-0.3, -0.25) is 4.79 Å². The fraction of sp³-hybridized carbons (Fsp3) is 0.250. The summed E-state index contributed by atoms with van der Waals surface area (Å²) in [6.45, 7) is -1.96. The predicted molar refractivity (Wildman–Crippen MR) is 79.7 cm³/mol. The molecule has 1 heterocycles. The number of amides is 1. The van der Waals surface area contributed by atoms with E-state index in [1.807, 2.05) is 0 Å². The number of rotatable bonds is 5. The van der Waals surface area contributed by atoms with Crippen LogP contribution in [0, 0.1) is 0 Å². The van der Waals surface area contributed by atoms with Gasteiger partial charge in [-0.2, -0.15) is 13.2 Å². The minimum atomic E-state index is -4.71. The van der Waals surface area contributed by atoms with Gasteiger partial charge in [-0.15, -0.1) is 0 Å². The molecule has 0 spiro atoms. The Kier molecular flexibility index (Phi) is 6.04. The number of esters is 1. The molecular formula is C16H14F3N3O3. The number of nitrogens with zero attached hydrogens (tertiary/aromatic N) is 3. The molecule has 0 radical (unpaired) electrons. The van der Waals surface area contributed by atoms with Gasteiger partial charge in [0.1, 0.15) is 5.82 Å². The van der Waals surface area contributed by atoms with E-state index in [-0.39, 0.29) is 18.9 Å². The minimum absolute atomic E-state index is 0.000947. The highest BCUT2D eigenvalue weighted by molar-refractivity contribution is 6.32. The van der Waals surface area contributed by atoms with Crippen molar-refractivity contribution in [3.05, 3.63) is 60.2 Å². The summed E-state index contributed by atoms with van der Waals surface area (Å²) < 4.78 is 40.5. The van der Waals surface area contributed by atoms with Gasteiger partial charge in [0, 0.05) is 18.9 Å². The first-order chi connectivity index (χ1) is 11.8. The maximum atomic E-state index is 12.2. The van der Waals surface area contributed by atoms with Crippen molar-refractivity contribution in [2.75, 3.05) is 6.61 Å². The smallest absolute Gasteiger partial charge is 0.422 e. The molecule has 25 heavy (non-hydrogen) atoms. The van der Waals surface area contributed by atoms with Crippen LogP contribution in [0.3, 0.4) is 0 Å². The molecule has 2 rings (SSSR count). The Labute approximate surface area is 141 Å². The van der Waals surface area contributed by atoms with Crippen LogP contribution in [-0.4, -0.2) is 39.5 Å². The van der Waals surface area contributed by atoms with Gasteiger partial charge in [0.15, 0.2) is 6.61 Å². The van der Waals surface area contributed by atoms with Crippen LogP contribution in [0.25, 0.3) is 0 Å². The largest absolute Gasteiger partial charge is 0.449 e. The predicted octanol–water partition coefficient (Wildman–Crippen LogP) is 2.11. The van der Waals surface area contributed by atoms with Crippen molar-refractivity contribution in [2.45, 2.75) is 19.3 Å². The van der Waals surface area contributed by atoms with Crippen LogP contribution in [0.4, 0.5) is 13.2 Å². The summed E-state index contributed by atoms with van der Waals surface area (Å²) in [5.74, 6) is -2.53. The third-order valence-corrected chi connectivity index (χ3v) is 3.00. The van der Waals surface area contributed by atoms with Crippen molar-refractivity contribution in [3.63, 3.8) is 0 Å². The number of carbonyl (C=O) groups is 2. The Morgan fingerprint density at radius 2 is 1.64 bits per heavy atom. The average Bonchev–Trinajstić information content (AvgIpc) is 2.59. The maximum absolute atomic E-state index is 12.2. The SMILES string of the molecule is O=C(OCC(F)(F)F)C(=O)N(Cc1ccccc1)Cc1ncccn1. The van der Waals surface area contributed by atoms with Gasteiger partial charge in [-0.05, 0) is 11.6 Å². The molecule has 0 saturated heterocycles. The van der Waals surface area contributed by atoms with Crippen LogP contribution >= 0.6 is 0 Å². The summed E-state index contributed by atoms with van der Waals surface area (Å²) in [5, 5.41) is 0. The molecule has 1 aromatic heterocycles. The number of alkyl halides is 3. The topological polar surface area (TPSA) is 72.4 Å². The van der Waals surface area contributed by atoms with E-state index in [1.165, 1.54) is 12.4 Å². The van der Waals surface area contributed by atoms with Crippen LogP contribution in [0.5, 0.6) is 0 Å². The van der Waals surface area contributed by atoms with Crippen molar-refractivity contribution in [3.8, 4) is 0 Å². The van der Waals surface area contributed by atoms with Gasteiger partial charge in [-0.1, -0.05) is 30.3 Å². The molecular weight excluding hydrogens is 339 g/mol. The van der Waals surface area contributed by atoms with Gasteiger partial charge < -0.3 is 9.64 Å². The quantitative estimate of drug-likeness (QED) is 0.608. The summed E-state index contributed by atoms with van der Waals surface area (Å²) in [6.07, 6.45) is -1.80. The Morgan fingerprint density at radius 3 is 2.24 bits per heavy atom. The molecule has 0 N–H and O–H groups in total. The molecule has 0 bridgehead atoms. The highest BCUT2D eigenvalue weighted by atomic mass is 19.4. The maximum Gasteiger partial charge on any atom is 0.422 e. The average molecular weight is 353 g/mol. The summed E-state index contributed by atoms with van der Waals surface area (Å²) in [7, 11) is 0. The summed E-state index contributed by atoms with van der Waals surface area (Å²) >= 11 is 0. The van der Waals surface area contributed by atoms with Crippen LogP contribution < -0.4 is 0 Å². The third-order valence-electron chi connectivity index (χ3n) is 3.00. The summed E-state index contributed by atoms with van der Waals surface area (Å²) in [5.41, 5.74) is 0.690.